The van der Waals surface area contributed by atoms with Gasteiger partial charge in [0.05, 0.1) is 12.1 Å². The number of halogens is 1. The minimum Gasteiger partial charge on any atom is -0.465 e. The van der Waals surface area contributed by atoms with Gasteiger partial charge in [-0.15, -0.1) is 0 Å². The quantitative estimate of drug-likeness (QED) is 0.547. The molecular weight excluding hydrogens is 427 g/mol. The summed E-state index contributed by atoms with van der Waals surface area (Å²) >= 11 is 0. The Morgan fingerprint density at radius 1 is 1.21 bits per heavy atom. The molecule has 1 amide bonds. The molecule has 3 aliphatic heterocycles. The first kappa shape index (κ1) is 23.3. The van der Waals surface area contributed by atoms with Crippen LogP contribution in [0.1, 0.15) is 69.2 Å². The van der Waals surface area contributed by atoms with E-state index >= 15 is 4.39 Å². The zero-order valence-electron chi connectivity index (χ0n) is 20.7. The van der Waals surface area contributed by atoms with Crippen molar-refractivity contribution in [1.29, 1.82) is 0 Å². The highest BCUT2D eigenvalue weighted by Crippen LogP contribution is 2.50. The lowest BCUT2D eigenvalue weighted by Gasteiger charge is -2.54. The van der Waals surface area contributed by atoms with Crippen LogP contribution in [0, 0.1) is 17.2 Å². The zero-order chi connectivity index (χ0) is 24.0. The smallest absolute Gasteiger partial charge is 0.408 e. The minimum atomic E-state index is -0.874. The minimum absolute atomic E-state index is 0.0244. The molecule has 34 heavy (non-hydrogen) atoms. The van der Waals surface area contributed by atoms with Crippen LogP contribution in [0.4, 0.5) is 9.18 Å². The van der Waals surface area contributed by atoms with E-state index in [1.807, 2.05) is 18.2 Å². The lowest BCUT2D eigenvalue weighted by atomic mass is 9.68. The summed E-state index contributed by atoms with van der Waals surface area (Å²) in [6.45, 7) is 9.37. The third-order valence-corrected chi connectivity index (χ3v) is 8.56. The van der Waals surface area contributed by atoms with Gasteiger partial charge >= 0.3 is 6.09 Å². The monoisotopic (exact) mass is 464 g/mol. The van der Waals surface area contributed by atoms with E-state index in [0.29, 0.717) is 11.5 Å². The van der Waals surface area contributed by atoms with E-state index < -0.39 is 6.09 Å². The van der Waals surface area contributed by atoms with Crippen molar-refractivity contribution in [1.82, 2.24) is 9.80 Å². The van der Waals surface area contributed by atoms with Crippen molar-refractivity contribution in [3.63, 3.8) is 0 Å². The number of carbonyl (C=O) groups is 1. The fraction of sp³-hybridized carbons (Fsp3) is 0.552. The molecule has 0 aromatic heterocycles. The third kappa shape index (κ3) is 4.13. The molecule has 2 atom stereocenters. The van der Waals surface area contributed by atoms with Crippen LogP contribution < -0.4 is 0 Å². The number of aryl methyl sites for hydroxylation is 2. The van der Waals surface area contributed by atoms with Crippen molar-refractivity contribution in [2.75, 3.05) is 19.6 Å². The topological polar surface area (TPSA) is 43.8 Å². The summed E-state index contributed by atoms with van der Waals surface area (Å²) in [4.78, 5) is 16.9. The van der Waals surface area contributed by atoms with Crippen LogP contribution >= 0.6 is 0 Å². The maximum atomic E-state index is 15.7. The Balaban J connectivity index is 1.57. The number of fused-ring (bicyclic) bond motifs is 4. The molecule has 1 aliphatic carbocycles. The fourth-order valence-electron chi connectivity index (χ4n) is 6.74. The standard InChI is InChI=1S/C29H37FN2O2/c1-4-6-19-7-5-8-21(15-19)23-16-22-9-12-29(2,3)27(24(22)17-25(23)30)32(28(33)34)26-18-31-13-10-20(26)11-14-31/h5,7-8,15-17,20,26-27H,4,6,9-14,18H2,1-3H3,(H,33,34)/t26-,27+/m1/s1. The number of hydrogen-bond acceptors (Lipinski definition) is 2. The number of rotatable bonds is 5. The molecule has 3 saturated heterocycles. The number of hydrogen-bond donors (Lipinski definition) is 1. The Kier molecular flexibility index (Phi) is 6.18. The van der Waals surface area contributed by atoms with Gasteiger partial charge in [0.1, 0.15) is 5.82 Å². The Morgan fingerprint density at radius 2 is 1.97 bits per heavy atom. The normalized spacial score (nSPS) is 27.3. The first-order valence-electron chi connectivity index (χ1n) is 12.9. The molecule has 2 aromatic rings. The van der Waals surface area contributed by atoms with Crippen LogP contribution in [-0.4, -0.2) is 46.7 Å². The molecule has 5 heteroatoms. The maximum Gasteiger partial charge on any atom is 0.408 e. The first-order valence-corrected chi connectivity index (χ1v) is 12.9. The summed E-state index contributed by atoms with van der Waals surface area (Å²) in [7, 11) is 0. The number of carboxylic acid groups (broad SMARTS) is 1. The van der Waals surface area contributed by atoms with Crippen molar-refractivity contribution in [3.8, 4) is 11.1 Å². The van der Waals surface area contributed by atoms with E-state index in [9.17, 15) is 9.90 Å². The molecule has 3 fully saturated rings. The van der Waals surface area contributed by atoms with Crippen LogP contribution in [-0.2, 0) is 12.8 Å². The molecule has 0 saturated carbocycles. The van der Waals surface area contributed by atoms with Gasteiger partial charge in [-0.25, -0.2) is 9.18 Å². The molecule has 0 unspecified atom stereocenters. The van der Waals surface area contributed by atoms with Crippen LogP contribution in [0.15, 0.2) is 36.4 Å². The fourth-order valence-corrected chi connectivity index (χ4v) is 6.74. The second-order valence-corrected chi connectivity index (χ2v) is 11.3. The lowest BCUT2D eigenvalue weighted by molar-refractivity contribution is -0.0353. The highest BCUT2D eigenvalue weighted by Gasteiger charge is 2.48. The van der Waals surface area contributed by atoms with Gasteiger partial charge in [-0.3, -0.25) is 4.90 Å². The van der Waals surface area contributed by atoms with Gasteiger partial charge in [0.2, 0.25) is 0 Å². The molecule has 3 heterocycles. The molecule has 4 aliphatic rings. The highest BCUT2D eigenvalue weighted by molar-refractivity contribution is 5.69. The van der Waals surface area contributed by atoms with E-state index in [-0.39, 0.29) is 23.3 Å². The van der Waals surface area contributed by atoms with Crippen molar-refractivity contribution in [2.24, 2.45) is 11.3 Å². The molecule has 2 bridgehead atoms. The van der Waals surface area contributed by atoms with Crippen LogP contribution in [0.25, 0.3) is 11.1 Å². The molecule has 182 valence electrons. The van der Waals surface area contributed by atoms with Crippen molar-refractivity contribution >= 4 is 6.09 Å². The van der Waals surface area contributed by atoms with Crippen LogP contribution in [0.2, 0.25) is 0 Å². The van der Waals surface area contributed by atoms with E-state index in [4.69, 9.17) is 0 Å². The maximum absolute atomic E-state index is 15.7. The van der Waals surface area contributed by atoms with Gasteiger partial charge in [0, 0.05) is 12.1 Å². The van der Waals surface area contributed by atoms with Gasteiger partial charge in [-0.05, 0) is 90.9 Å². The van der Waals surface area contributed by atoms with Gasteiger partial charge < -0.3 is 10.0 Å². The Morgan fingerprint density at radius 3 is 2.62 bits per heavy atom. The van der Waals surface area contributed by atoms with Crippen molar-refractivity contribution < 1.29 is 14.3 Å². The molecule has 0 radical (unpaired) electrons. The van der Waals surface area contributed by atoms with Gasteiger partial charge in [0.15, 0.2) is 0 Å². The van der Waals surface area contributed by atoms with Gasteiger partial charge in [0.25, 0.3) is 0 Å². The Bertz CT molecular complexity index is 1070. The molecule has 4 nitrogen and oxygen atoms in total. The third-order valence-electron chi connectivity index (χ3n) is 8.56. The molecule has 6 rings (SSSR count). The number of nitrogens with zero attached hydrogens (tertiary/aromatic N) is 2. The molecule has 0 spiro atoms. The number of piperidine rings is 3. The van der Waals surface area contributed by atoms with E-state index in [2.05, 4.69) is 37.8 Å². The molecular formula is C29H37FN2O2. The number of amides is 1. The summed E-state index contributed by atoms with van der Waals surface area (Å²) in [5.41, 5.74) is 4.44. The SMILES string of the molecule is CCCc1cccc(-c2cc3c(cc2F)[C@H](N(C(=O)O)[C@@H]2CN4CCC2CC4)C(C)(C)CC3)c1. The summed E-state index contributed by atoms with van der Waals surface area (Å²) in [6, 6.07) is 11.5. The Labute approximate surface area is 202 Å². The Hall–Kier alpha value is -2.40. The predicted molar refractivity (Wildman–Crippen MR) is 133 cm³/mol. The zero-order valence-corrected chi connectivity index (χ0v) is 20.7. The van der Waals surface area contributed by atoms with E-state index in [0.717, 1.165) is 74.8 Å². The largest absolute Gasteiger partial charge is 0.465 e. The second kappa shape index (κ2) is 8.99. The molecule has 2 aromatic carbocycles. The summed E-state index contributed by atoms with van der Waals surface area (Å²) < 4.78 is 15.7. The first-order chi connectivity index (χ1) is 16.3. The average Bonchev–Trinajstić information content (AvgIpc) is 2.81. The highest BCUT2D eigenvalue weighted by atomic mass is 19.1. The summed E-state index contributed by atoms with van der Waals surface area (Å²) in [6.07, 6.45) is 4.99. The van der Waals surface area contributed by atoms with Crippen molar-refractivity contribution in [2.45, 2.75) is 71.4 Å². The summed E-state index contributed by atoms with van der Waals surface area (Å²) in [5.74, 6) is 0.141. The summed E-state index contributed by atoms with van der Waals surface area (Å²) in [5, 5.41) is 10.5. The van der Waals surface area contributed by atoms with Gasteiger partial charge in [-0.2, -0.15) is 0 Å². The van der Waals surface area contributed by atoms with E-state index in [1.54, 1.807) is 11.0 Å². The van der Waals surface area contributed by atoms with E-state index in [1.165, 1.54) is 5.56 Å². The number of benzene rings is 2. The molecule has 1 N–H and O–H groups in total. The average molecular weight is 465 g/mol. The van der Waals surface area contributed by atoms with Crippen LogP contribution in [0.5, 0.6) is 0 Å². The lowest BCUT2D eigenvalue weighted by Crippen LogP contribution is -2.61. The van der Waals surface area contributed by atoms with Gasteiger partial charge in [-0.1, -0.05) is 51.5 Å². The van der Waals surface area contributed by atoms with Crippen molar-refractivity contribution in [3.05, 3.63) is 58.9 Å². The van der Waals surface area contributed by atoms with Crippen LogP contribution in [0.3, 0.4) is 0 Å². The predicted octanol–water partition coefficient (Wildman–Crippen LogP) is 6.53. The second-order valence-electron chi connectivity index (χ2n) is 11.3.